The van der Waals surface area contributed by atoms with Crippen molar-refractivity contribution in [3.63, 3.8) is 0 Å². The van der Waals surface area contributed by atoms with Crippen LogP contribution in [0.2, 0.25) is 10.0 Å². The number of carbonyl (C=O) groups excluding carboxylic acids is 2. The lowest BCUT2D eigenvalue weighted by molar-refractivity contribution is -0.141. The van der Waals surface area contributed by atoms with E-state index in [0.29, 0.717) is 11.8 Å². The number of nitrogens with zero attached hydrogens (tertiary/aromatic N) is 7. The molecule has 0 unspecified atom stereocenters. The van der Waals surface area contributed by atoms with Gasteiger partial charge in [-0.1, -0.05) is 23.2 Å². The van der Waals surface area contributed by atoms with E-state index in [-0.39, 0.29) is 51.6 Å². The number of aryl methyl sites for hydroxylation is 1. The summed E-state index contributed by atoms with van der Waals surface area (Å²) >= 11 is 12.4. The molecule has 11 nitrogen and oxygen atoms in total. The molecule has 2 N–H and O–H groups in total. The Labute approximate surface area is 228 Å². The zero-order chi connectivity index (χ0) is 28.3. The van der Waals surface area contributed by atoms with Gasteiger partial charge in [0.1, 0.15) is 18.8 Å². The van der Waals surface area contributed by atoms with Gasteiger partial charge in [-0.05, 0) is 42.8 Å². The van der Waals surface area contributed by atoms with Gasteiger partial charge in [-0.3, -0.25) is 9.59 Å². The molecule has 16 heteroatoms. The predicted molar refractivity (Wildman–Crippen MR) is 133 cm³/mol. The number of amides is 2. The number of anilines is 1. The maximum Gasteiger partial charge on any atom is 0.436 e. The Bertz CT molecular complexity index is 1610. The van der Waals surface area contributed by atoms with Crippen LogP contribution in [0.4, 0.5) is 18.9 Å². The molecule has 0 atom stereocenters. The van der Waals surface area contributed by atoms with Gasteiger partial charge >= 0.3 is 6.18 Å². The molecule has 3 aromatic heterocycles. The van der Waals surface area contributed by atoms with Crippen molar-refractivity contribution in [2.24, 2.45) is 0 Å². The fourth-order valence-electron chi connectivity index (χ4n) is 3.49. The number of nitrogens with one attached hydrogen (secondary N) is 2. The second-order valence-electron chi connectivity index (χ2n) is 7.94. The molecule has 0 radical (unpaired) electrons. The lowest BCUT2D eigenvalue weighted by atomic mass is 10.1. The van der Waals surface area contributed by atoms with Gasteiger partial charge in [0.05, 0.1) is 34.2 Å². The van der Waals surface area contributed by atoms with Crippen LogP contribution in [0.5, 0.6) is 0 Å². The topological polar surface area (TPSA) is 143 Å². The molecule has 0 bridgehead atoms. The van der Waals surface area contributed by atoms with Crippen LogP contribution < -0.4 is 10.6 Å². The molecule has 0 saturated carbocycles. The van der Waals surface area contributed by atoms with Gasteiger partial charge in [-0.25, -0.2) is 9.67 Å². The first kappa shape index (κ1) is 27.6. The molecular formula is C23H16Cl2F3N9O2. The van der Waals surface area contributed by atoms with Crippen molar-refractivity contribution >= 4 is 40.7 Å². The zero-order valence-electron chi connectivity index (χ0n) is 19.8. The summed E-state index contributed by atoms with van der Waals surface area (Å²) in [5.41, 5.74) is -0.609. The molecule has 4 rings (SSSR count). The number of benzene rings is 1. The predicted octanol–water partition coefficient (Wildman–Crippen LogP) is 4.05. The maximum absolute atomic E-state index is 13.5. The fraction of sp³-hybridized carbons (Fsp3) is 0.174. The summed E-state index contributed by atoms with van der Waals surface area (Å²) in [6, 6.07) is 9.02. The molecule has 3 heterocycles. The summed E-state index contributed by atoms with van der Waals surface area (Å²) in [6.07, 6.45) is -2.70. The third kappa shape index (κ3) is 6.16. The number of rotatable bonds is 7. The number of nitriles is 1. The molecule has 0 aliphatic carbocycles. The van der Waals surface area contributed by atoms with Gasteiger partial charge in [0.25, 0.3) is 11.8 Å². The number of hydrogen-bond donors (Lipinski definition) is 2. The highest BCUT2D eigenvalue weighted by atomic mass is 35.5. The molecule has 4 aromatic rings. The van der Waals surface area contributed by atoms with Crippen LogP contribution in [-0.4, -0.2) is 48.1 Å². The Kier molecular flexibility index (Phi) is 7.84. The third-order valence-electron chi connectivity index (χ3n) is 5.17. The summed E-state index contributed by atoms with van der Waals surface area (Å²) < 4.78 is 39.9. The first-order valence-corrected chi connectivity index (χ1v) is 11.7. The van der Waals surface area contributed by atoms with Gasteiger partial charge in [0.2, 0.25) is 0 Å². The van der Waals surface area contributed by atoms with E-state index in [9.17, 15) is 22.8 Å². The number of aromatic nitrogens is 6. The quantitative estimate of drug-likeness (QED) is 0.315. The van der Waals surface area contributed by atoms with Gasteiger partial charge in [-0.15, -0.1) is 5.10 Å². The van der Waals surface area contributed by atoms with Gasteiger partial charge in [0, 0.05) is 11.2 Å². The van der Waals surface area contributed by atoms with Crippen molar-refractivity contribution < 1.29 is 22.8 Å². The van der Waals surface area contributed by atoms with Gasteiger partial charge in [0.15, 0.2) is 11.5 Å². The SMILES string of the molecule is Cc1cc(Cl)cc(C(=O)NCC#N)c1NC(=O)c1cc(Cn2ncc(C(F)(F)F)n2)nn1-c1ncccc1Cl. The monoisotopic (exact) mass is 577 g/mol. The van der Waals surface area contributed by atoms with Gasteiger partial charge < -0.3 is 10.6 Å². The van der Waals surface area contributed by atoms with Crippen molar-refractivity contribution in [3.8, 4) is 11.9 Å². The van der Waals surface area contributed by atoms with Crippen molar-refractivity contribution in [2.75, 3.05) is 11.9 Å². The number of carbonyl (C=O) groups is 2. The molecule has 1 aromatic carbocycles. The minimum absolute atomic E-state index is 0.00572. The fourth-order valence-corrected chi connectivity index (χ4v) is 3.97. The van der Waals surface area contributed by atoms with Crippen LogP contribution in [0.3, 0.4) is 0 Å². The Balaban J connectivity index is 1.73. The largest absolute Gasteiger partial charge is 0.436 e. The molecule has 0 aliphatic heterocycles. The van der Waals surface area contributed by atoms with E-state index in [1.807, 2.05) is 0 Å². The number of halogens is 5. The summed E-state index contributed by atoms with van der Waals surface area (Å²) in [5, 5.41) is 25.5. The second-order valence-corrected chi connectivity index (χ2v) is 8.78. The average Bonchev–Trinajstić information content (AvgIpc) is 3.52. The zero-order valence-corrected chi connectivity index (χ0v) is 21.3. The van der Waals surface area contributed by atoms with Crippen molar-refractivity contribution in [2.45, 2.75) is 19.6 Å². The molecule has 200 valence electrons. The second kappa shape index (κ2) is 11.1. The molecule has 0 spiro atoms. The van der Waals surface area contributed by atoms with Gasteiger partial charge in [-0.2, -0.15) is 33.4 Å². The number of hydrogen-bond acceptors (Lipinski definition) is 7. The van der Waals surface area contributed by atoms with E-state index in [4.69, 9.17) is 28.5 Å². The summed E-state index contributed by atoms with van der Waals surface area (Å²) in [7, 11) is 0. The first-order valence-electron chi connectivity index (χ1n) is 10.9. The van der Waals surface area contributed by atoms with E-state index < -0.39 is 23.7 Å². The van der Waals surface area contributed by atoms with Crippen molar-refractivity contribution in [1.29, 1.82) is 5.26 Å². The smallest absolute Gasteiger partial charge is 0.339 e. The van der Waals surface area contributed by atoms with Crippen LogP contribution in [0.25, 0.3) is 5.82 Å². The molecule has 0 fully saturated rings. The maximum atomic E-state index is 13.5. The van der Waals surface area contributed by atoms with E-state index in [1.54, 1.807) is 19.1 Å². The van der Waals surface area contributed by atoms with Crippen LogP contribution in [0.1, 0.15) is 37.8 Å². The molecule has 2 amide bonds. The lowest BCUT2D eigenvalue weighted by Crippen LogP contribution is -2.26. The summed E-state index contributed by atoms with van der Waals surface area (Å²) in [4.78, 5) is 31.1. The highest BCUT2D eigenvalue weighted by molar-refractivity contribution is 6.32. The van der Waals surface area contributed by atoms with Crippen LogP contribution >= 0.6 is 23.2 Å². The Morgan fingerprint density at radius 2 is 1.92 bits per heavy atom. The van der Waals surface area contributed by atoms with Crippen molar-refractivity contribution in [1.82, 2.24) is 35.1 Å². The normalized spacial score (nSPS) is 11.2. The van der Waals surface area contributed by atoms with E-state index in [1.165, 1.54) is 30.5 Å². The average molecular weight is 578 g/mol. The van der Waals surface area contributed by atoms with Crippen molar-refractivity contribution in [3.05, 3.63) is 81.0 Å². The highest BCUT2D eigenvalue weighted by Crippen LogP contribution is 2.28. The van der Waals surface area contributed by atoms with Crippen LogP contribution in [0.15, 0.2) is 42.7 Å². The Hall–Kier alpha value is -4.48. The Morgan fingerprint density at radius 1 is 1.15 bits per heavy atom. The minimum Gasteiger partial charge on any atom is -0.339 e. The van der Waals surface area contributed by atoms with E-state index in [2.05, 4.69) is 30.9 Å². The summed E-state index contributed by atoms with van der Waals surface area (Å²) in [5.74, 6) is -1.33. The number of pyridine rings is 1. The first-order chi connectivity index (χ1) is 18.5. The van der Waals surface area contributed by atoms with E-state index >= 15 is 0 Å². The highest BCUT2D eigenvalue weighted by Gasteiger charge is 2.34. The lowest BCUT2D eigenvalue weighted by Gasteiger charge is -2.15. The molecule has 0 saturated heterocycles. The van der Waals surface area contributed by atoms with E-state index in [0.717, 1.165) is 9.48 Å². The standard InChI is InChI=1S/C23H16Cl2F3N9O2/c1-12-7-13(24)8-15(21(38)31-6-4-29)19(12)33-22(39)17-9-14(11-36-32-10-18(35-36)23(26,27)28)34-37(17)20-16(25)3-2-5-30-20/h2-3,5,7-10H,6,11H2,1H3,(H,31,38)(H,33,39). The summed E-state index contributed by atoms with van der Waals surface area (Å²) in [6.45, 7) is 1.03. The van der Waals surface area contributed by atoms with Crippen LogP contribution in [-0.2, 0) is 12.7 Å². The minimum atomic E-state index is -4.68. The number of alkyl halides is 3. The molecule has 39 heavy (non-hydrogen) atoms. The molecule has 0 aliphatic rings. The third-order valence-corrected chi connectivity index (χ3v) is 5.69. The molecular weight excluding hydrogens is 562 g/mol. The van der Waals surface area contributed by atoms with Crippen LogP contribution in [0, 0.1) is 18.3 Å². The Morgan fingerprint density at radius 3 is 2.59 bits per heavy atom.